The highest BCUT2D eigenvalue weighted by atomic mass is 15.1. The Hall–Kier alpha value is -7.50. The molecule has 0 bridgehead atoms. The van der Waals surface area contributed by atoms with Crippen molar-refractivity contribution in [2.24, 2.45) is 0 Å². The summed E-state index contributed by atoms with van der Waals surface area (Å²) in [5, 5.41) is 2.37. The van der Waals surface area contributed by atoms with Crippen LogP contribution in [0, 0.1) is 41.5 Å². The number of rotatable bonds is 7. The smallest absolute Gasteiger partial charge is 0.166 e. The Balaban J connectivity index is 1.29. The van der Waals surface area contributed by atoms with E-state index >= 15 is 0 Å². The monoisotopic (exact) mass is 787 g/mol. The van der Waals surface area contributed by atoms with Crippen LogP contribution in [0.5, 0.6) is 0 Å². The van der Waals surface area contributed by atoms with Crippen molar-refractivity contribution in [3.8, 4) is 73.2 Å². The first-order valence-electron chi connectivity index (χ1n) is 20.9. The van der Waals surface area contributed by atoms with Gasteiger partial charge in [0.05, 0.1) is 16.7 Å². The van der Waals surface area contributed by atoms with Gasteiger partial charge in [-0.15, -0.1) is 0 Å². The van der Waals surface area contributed by atoms with Crippen LogP contribution < -0.4 is 0 Å². The van der Waals surface area contributed by atoms with E-state index in [0.29, 0.717) is 17.5 Å². The number of aryl methyl sites for hydroxylation is 6. The number of hydrogen-bond donors (Lipinski definition) is 0. The molecule has 3 aromatic heterocycles. The van der Waals surface area contributed by atoms with Crippen LogP contribution in [0.1, 0.15) is 33.4 Å². The molecule has 61 heavy (non-hydrogen) atoms. The maximum absolute atomic E-state index is 5.28. The van der Waals surface area contributed by atoms with E-state index in [1.165, 1.54) is 66.4 Å². The molecule has 5 nitrogen and oxygen atoms in total. The first-order chi connectivity index (χ1) is 29.7. The molecule has 0 atom stereocenters. The van der Waals surface area contributed by atoms with Crippen molar-refractivity contribution < 1.29 is 0 Å². The third-order valence-electron chi connectivity index (χ3n) is 11.9. The second-order valence-electron chi connectivity index (χ2n) is 16.4. The van der Waals surface area contributed by atoms with E-state index in [-0.39, 0.29) is 0 Å². The van der Waals surface area contributed by atoms with Crippen molar-refractivity contribution in [1.29, 1.82) is 0 Å². The number of nitrogens with zero attached hydrogens (tertiary/aromatic N) is 5. The first-order valence-corrected chi connectivity index (χ1v) is 20.9. The van der Waals surface area contributed by atoms with Gasteiger partial charge in [0.1, 0.15) is 0 Å². The lowest BCUT2D eigenvalue weighted by molar-refractivity contribution is 1.06. The van der Waals surface area contributed by atoms with Gasteiger partial charge in [-0.2, -0.15) is 0 Å². The molecule has 0 aliphatic heterocycles. The van der Waals surface area contributed by atoms with Gasteiger partial charge in [-0.25, -0.2) is 15.0 Å². The zero-order chi connectivity index (χ0) is 41.8. The Labute approximate surface area is 357 Å². The summed E-state index contributed by atoms with van der Waals surface area (Å²) >= 11 is 0. The standard InChI is InChI=1S/C56H45N5/c1-34-27-36(3)52(37(4)28-34)44-18-21-49-46(32-44)47-33-45(53-38(5)29-35(2)30-39(53)6)19-22-50(47)61(49)51-20-17-43(40-23-25-57-26-24-40)31-48(51)56-59-54(41-13-9-7-10-14-41)58-55(60-56)42-15-11-8-12-16-42/h7-33H,1-6H3. The molecule has 0 radical (unpaired) electrons. The van der Waals surface area contributed by atoms with Crippen LogP contribution in [-0.2, 0) is 0 Å². The molecule has 0 amide bonds. The summed E-state index contributed by atoms with van der Waals surface area (Å²) < 4.78 is 2.40. The molecule has 10 aromatic rings. The summed E-state index contributed by atoms with van der Waals surface area (Å²) in [5.41, 5.74) is 20.7. The van der Waals surface area contributed by atoms with Gasteiger partial charge in [-0.1, -0.05) is 114 Å². The molecule has 10 rings (SSSR count). The average molecular weight is 788 g/mol. The minimum absolute atomic E-state index is 0.596. The van der Waals surface area contributed by atoms with E-state index in [0.717, 1.165) is 44.5 Å². The van der Waals surface area contributed by atoms with Gasteiger partial charge in [0.25, 0.3) is 0 Å². The first kappa shape index (κ1) is 37.7. The Morgan fingerprint density at radius 3 is 1.28 bits per heavy atom. The molecule has 0 aliphatic carbocycles. The van der Waals surface area contributed by atoms with Crippen molar-refractivity contribution in [2.45, 2.75) is 41.5 Å². The van der Waals surface area contributed by atoms with Gasteiger partial charge < -0.3 is 4.57 Å². The predicted molar refractivity (Wildman–Crippen MR) is 253 cm³/mol. The largest absolute Gasteiger partial charge is 0.308 e. The fourth-order valence-corrected chi connectivity index (χ4v) is 9.43. The summed E-state index contributed by atoms with van der Waals surface area (Å²) in [5.74, 6) is 1.83. The summed E-state index contributed by atoms with van der Waals surface area (Å²) in [7, 11) is 0. The summed E-state index contributed by atoms with van der Waals surface area (Å²) in [4.78, 5) is 19.9. The molecule has 0 spiro atoms. The second-order valence-corrected chi connectivity index (χ2v) is 16.4. The van der Waals surface area contributed by atoms with Crippen LogP contribution in [0.3, 0.4) is 0 Å². The van der Waals surface area contributed by atoms with Crippen molar-refractivity contribution in [1.82, 2.24) is 24.5 Å². The van der Waals surface area contributed by atoms with E-state index in [1.807, 2.05) is 60.9 Å². The molecule has 0 unspecified atom stereocenters. The van der Waals surface area contributed by atoms with Gasteiger partial charge in [0.2, 0.25) is 0 Å². The Morgan fingerprint density at radius 2 is 0.803 bits per heavy atom. The number of benzene rings is 7. The van der Waals surface area contributed by atoms with Gasteiger partial charge in [-0.3, -0.25) is 4.98 Å². The highest BCUT2D eigenvalue weighted by Crippen LogP contribution is 2.42. The fraction of sp³-hybridized carbons (Fsp3) is 0.107. The number of aromatic nitrogens is 5. The van der Waals surface area contributed by atoms with Crippen LogP contribution in [0.25, 0.3) is 95.0 Å². The predicted octanol–water partition coefficient (Wildman–Crippen LogP) is 14.2. The van der Waals surface area contributed by atoms with Crippen LogP contribution in [0.2, 0.25) is 0 Å². The van der Waals surface area contributed by atoms with Crippen LogP contribution >= 0.6 is 0 Å². The van der Waals surface area contributed by atoms with E-state index in [9.17, 15) is 0 Å². The second kappa shape index (κ2) is 15.3. The van der Waals surface area contributed by atoms with Crippen LogP contribution in [-0.4, -0.2) is 24.5 Å². The third-order valence-corrected chi connectivity index (χ3v) is 11.9. The third kappa shape index (κ3) is 6.88. The molecule has 294 valence electrons. The van der Waals surface area contributed by atoms with Crippen LogP contribution in [0.15, 0.2) is 164 Å². The topological polar surface area (TPSA) is 56.5 Å². The molecular weight excluding hydrogens is 743 g/mol. The normalized spacial score (nSPS) is 11.4. The van der Waals surface area contributed by atoms with Crippen LogP contribution in [0.4, 0.5) is 0 Å². The van der Waals surface area contributed by atoms with E-state index in [4.69, 9.17) is 15.0 Å². The minimum Gasteiger partial charge on any atom is -0.308 e. The Morgan fingerprint density at radius 1 is 0.361 bits per heavy atom. The fourth-order valence-electron chi connectivity index (χ4n) is 9.43. The quantitative estimate of drug-likeness (QED) is 0.161. The summed E-state index contributed by atoms with van der Waals surface area (Å²) in [6, 6.07) is 54.2. The van der Waals surface area contributed by atoms with Crippen molar-refractivity contribution in [2.75, 3.05) is 0 Å². The Bertz CT molecular complexity index is 3070. The molecule has 0 saturated heterocycles. The molecule has 0 aliphatic rings. The molecule has 0 N–H and O–H groups in total. The molecular formula is C56H45N5. The zero-order valence-corrected chi connectivity index (χ0v) is 35.3. The van der Waals surface area contributed by atoms with E-state index in [2.05, 4.69) is 154 Å². The highest BCUT2D eigenvalue weighted by molar-refractivity contribution is 6.12. The summed E-state index contributed by atoms with van der Waals surface area (Å²) in [6.45, 7) is 13.2. The summed E-state index contributed by atoms with van der Waals surface area (Å²) in [6.07, 6.45) is 3.67. The van der Waals surface area contributed by atoms with Gasteiger partial charge >= 0.3 is 0 Å². The SMILES string of the molecule is Cc1cc(C)c(-c2ccc3c(c2)c2cc(-c4c(C)cc(C)cc4C)ccc2n3-c2ccc(-c3ccncc3)cc2-c2nc(-c3ccccc3)nc(-c3ccccc3)n2)c(C)c1. The zero-order valence-electron chi connectivity index (χ0n) is 35.3. The number of hydrogen-bond acceptors (Lipinski definition) is 4. The lowest BCUT2D eigenvalue weighted by Crippen LogP contribution is -2.04. The van der Waals surface area contributed by atoms with Gasteiger partial charge in [0.15, 0.2) is 17.5 Å². The Kier molecular flexibility index (Phi) is 9.45. The van der Waals surface area contributed by atoms with Gasteiger partial charge in [-0.05, 0) is 146 Å². The average Bonchev–Trinajstić information content (AvgIpc) is 3.59. The molecule has 0 saturated carbocycles. The minimum atomic E-state index is 0.596. The number of pyridine rings is 1. The molecule has 3 heterocycles. The maximum Gasteiger partial charge on any atom is 0.166 e. The van der Waals surface area contributed by atoms with Crippen molar-refractivity contribution >= 4 is 21.8 Å². The maximum atomic E-state index is 5.28. The number of fused-ring (bicyclic) bond motifs is 3. The van der Waals surface area contributed by atoms with E-state index in [1.54, 1.807) is 0 Å². The lowest BCUT2D eigenvalue weighted by atomic mass is 9.91. The molecule has 0 fully saturated rings. The lowest BCUT2D eigenvalue weighted by Gasteiger charge is -2.17. The molecule has 7 aromatic carbocycles. The van der Waals surface area contributed by atoms with E-state index < -0.39 is 0 Å². The van der Waals surface area contributed by atoms with Crippen molar-refractivity contribution in [3.63, 3.8) is 0 Å². The highest BCUT2D eigenvalue weighted by Gasteiger charge is 2.22. The van der Waals surface area contributed by atoms with Crippen molar-refractivity contribution in [3.05, 3.63) is 197 Å². The van der Waals surface area contributed by atoms with Gasteiger partial charge in [0, 0.05) is 39.9 Å². The molecule has 5 heteroatoms.